The highest BCUT2D eigenvalue weighted by Crippen LogP contribution is 2.33. The number of hydrogen-bond donors (Lipinski definition) is 2. The van der Waals surface area contributed by atoms with Crippen molar-refractivity contribution in [1.82, 2.24) is 9.97 Å². The number of carbonyl (C=O) groups is 1. The molecule has 0 aliphatic rings. The van der Waals surface area contributed by atoms with E-state index in [1.165, 1.54) is 0 Å². The molecular weight excluding hydrogens is 459 g/mol. The molecule has 7 heteroatoms. The molecule has 0 spiro atoms. The quantitative estimate of drug-likeness (QED) is 0.283. The molecule has 5 nitrogen and oxygen atoms in total. The van der Waals surface area contributed by atoms with E-state index in [0.29, 0.717) is 15.8 Å². The molecular formula is C26H22Cl2N2O3. The number of rotatable bonds is 8. The SMILES string of the molecule is CCC(c1ccc(-c2ccc(OCC(=O)O)cc2)cc1)c1ncc(-c2ccc(Cl)cc2Cl)[nH]1. The highest BCUT2D eigenvalue weighted by Gasteiger charge is 2.17. The zero-order chi connectivity index (χ0) is 23.4. The third-order valence-electron chi connectivity index (χ3n) is 5.42. The lowest BCUT2D eigenvalue weighted by molar-refractivity contribution is -0.139. The summed E-state index contributed by atoms with van der Waals surface area (Å²) in [6.07, 6.45) is 2.69. The molecule has 1 atom stereocenters. The lowest BCUT2D eigenvalue weighted by Gasteiger charge is -2.14. The fourth-order valence-electron chi connectivity index (χ4n) is 3.74. The monoisotopic (exact) mass is 480 g/mol. The molecule has 0 radical (unpaired) electrons. The van der Waals surface area contributed by atoms with E-state index in [1.807, 2.05) is 24.3 Å². The van der Waals surface area contributed by atoms with Gasteiger partial charge in [0.2, 0.25) is 0 Å². The number of imidazole rings is 1. The van der Waals surface area contributed by atoms with Gasteiger partial charge in [-0.25, -0.2) is 9.78 Å². The topological polar surface area (TPSA) is 75.2 Å². The summed E-state index contributed by atoms with van der Waals surface area (Å²) in [6.45, 7) is 1.77. The maximum absolute atomic E-state index is 10.6. The number of aromatic nitrogens is 2. The Morgan fingerprint density at radius 2 is 1.70 bits per heavy atom. The van der Waals surface area contributed by atoms with Crippen molar-refractivity contribution < 1.29 is 14.6 Å². The summed E-state index contributed by atoms with van der Waals surface area (Å²) in [4.78, 5) is 18.7. The van der Waals surface area contributed by atoms with Gasteiger partial charge in [0.1, 0.15) is 11.6 Å². The van der Waals surface area contributed by atoms with Crippen LogP contribution in [0.5, 0.6) is 5.75 Å². The third-order valence-corrected chi connectivity index (χ3v) is 5.97. The number of nitrogens with zero attached hydrogens (tertiary/aromatic N) is 1. The standard InChI is InChI=1S/C26H22Cl2N2O3/c1-2-21(26-29-14-24(30-26)22-12-9-19(27)13-23(22)28)18-5-3-16(4-6-18)17-7-10-20(11-8-17)33-15-25(31)32/h3-14,21H,2,15H2,1H3,(H,29,30)(H,31,32). The lowest BCUT2D eigenvalue weighted by Crippen LogP contribution is -2.09. The number of H-pyrrole nitrogens is 1. The van der Waals surface area contributed by atoms with Crippen LogP contribution in [0.3, 0.4) is 0 Å². The number of carboxylic acids is 1. The van der Waals surface area contributed by atoms with E-state index in [2.05, 4.69) is 41.2 Å². The number of nitrogens with one attached hydrogen (secondary N) is 1. The summed E-state index contributed by atoms with van der Waals surface area (Å²) in [7, 11) is 0. The normalized spacial score (nSPS) is 11.8. The summed E-state index contributed by atoms with van der Waals surface area (Å²) in [5.41, 5.74) is 4.96. The fourth-order valence-corrected chi connectivity index (χ4v) is 4.25. The summed E-state index contributed by atoms with van der Waals surface area (Å²) in [5.74, 6) is 0.523. The number of carboxylic acid groups (broad SMARTS) is 1. The molecule has 0 saturated carbocycles. The third kappa shape index (κ3) is 5.38. The summed E-state index contributed by atoms with van der Waals surface area (Å²) in [5, 5.41) is 9.89. The number of benzene rings is 3. The van der Waals surface area contributed by atoms with Crippen LogP contribution >= 0.6 is 23.2 Å². The maximum Gasteiger partial charge on any atom is 0.341 e. The van der Waals surface area contributed by atoms with Crippen LogP contribution in [-0.4, -0.2) is 27.7 Å². The van der Waals surface area contributed by atoms with Crippen molar-refractivity contribution >= 4 is 29.2 Å². The van der Waals surface area contributed by atoms with Crippen LogP contribution in [-0.2, 0) is 4.79 Å². The Bertz CT molecular complexity index is 1250. The van der Waals surface area contributed by atoms with Crippen LogP contribution in [0.25, 0.3) is 22.4 Å². The molecule has 4 aromatic rings. The Morgan fingerprint density at radius 3 is 2.30 bits per heavy atom. The van der Waals surface area contributed by atoms with Crippen molar-refractivity contribution in [1.29, 1.82) is 0 Å². The molecule has 0 bridgehead atoms. The first-order valence-electron chi connectivity index (χ1n) is 10.5. The van der Waals surface area contributed by atoms with Crippen molar-refractivity contribution in [3.63, 3.8) is 0 Å². The zero-order valence-corrected chi connectivity index (χ0v) is 19.4. The fraction of sp³-hybridized carbons (Fsp3) is 0.154. The second kappa shape index (κ2) is 10.1. The van der Waals surface area contributed by atoms with Crippen LogP contribution in [0.4, 0.5) is 0 Å². The Hall–Kier alpha value is -3.28. The Balaban J connectivity index is 1.52. The van der Waals surface area contributed by atoms with Crippen LogP contribution in [0.1, 0.15) is 30.7 Å². The van der Waals surface area contributed by atoms with Gasteiger partial charge in [-0.05, 0) is 53.4 Å². The highest BCUT2D eigenvalue weighted by atomic mass is 35.5. The van der Waals surface area contributed by atoms with Gasteiger partial charge >= 0.3 is 5.97 Å². The van der Waals surface area contributed by atoms with E-state index >= 15 is 0 Å². The van der Waals surface area contributed by atoms with Crippen LogP contribution in [0, 0.1) is 0 Å². The summed E-state index contributed by atoms with van der Waals surface area (Å²) >= 11 is 12.4. The Labute approximate surface area is 202 Å². The Kier molecular flexibility index (Phi) is 7.02. The Morgan fingerprint density at radius 1 is 1.03 bits per heavy atom. The second-order valence-electron chi connectivity index (χ2n) is 7.60. The van der Waals surface area contributed by atoms with Crippen molar-refractivity contribution in [3.05, 3.63) is 94.4 Å². The lowest BCUT2D eigenvalue weighted by atomic mass is 9.93. The number of ether oxygens (including phenoxy) is 1. The molecule has 0 fully saturated rings. The number of hydrogen-bond acceptors (Lipinski definition) is 3. The van der Waals surface area contributed by atoms with Crippen molar-refractivity contribution in [2.24, 2.45) is 0 Å². The number of halogens is 2. The molecule has 4 rings (SSSR count). The van der Waals surface area contributed by atoms with E-state index in [4.69, 9.17) is 33.0 Å². The molecule has 0 aliphatic carbocycles. The van der Waals surface area contributed by atoms with E-state index in [0.717, 1.165) is 40.2 Å². The first-order valence-corrected chi connectivity index (χ1v) is 11.3. The van der Waals surface area contributed by atoms with Crippen LogP contribution < -0.4 is 4.74 Å². The zero-order valence-electron chi connectivity index (χ0n) is 17.9. The van der Waals surface area contributed by atoms with Gasteiger partial charge in [0.25, 0.3) is 0 Å². The van der Waals surface area contributed by atoms with Crippen LogP contribution in [0.15, 0.2) is 72.9 Å². The van der Waals surface area contributed by atoms with E-state index in [9.17, 15) is 4.79 Å². The maximum atomic E-state index is 10.6. The molecule has 0 aliphatic heterocycles. The minimum absolute atomic E-state index is 0.116. The van der Waals surface area contributed by atoms with Gasteiger partial charge in [0, 0.05) is 16.5 Å². The van der Waals surface area contributed by atoms with E-state index < -0.39 is 5.97 Å². The molecule has 0 amide bonds. The molecule has 1 aromatic heterocycles. The molecule has 2 N–H and O–H groups in total. The molecule has 168 valence electrons. The van der Waals surface area contributed by atoms with Gasteiger partial charge in [-0.3, -0.25) is 0 Å². The van der Waals surface area contributed by atoms with Gasteiger partial charge < -0.3 is 14.8 Å². The average Bonchev–Trinajstić information content (AvgIpc) is 3.28. The summed E-state index contributed by atoms with van der Waals surface area (Å²) < 4.78 is 5.19. The molecule has 0 saturated heterocycles. The first-order chi connectivity index (χ1) is 15.9. The minimum Gasteiger partial charge on any atom is -0.482 e. The number of aromatic amines is 1. The highest BCUT2D eigenvalue weighted by molar-refractivity contribution is 6.36. The van der Waals surface area contributed by atoms with Gasteiger partial charge in [-0.1, -0.05) is 66.5 Å². The molecule has 33 heavy (non-hydrogen) atoms. The largest absolute Gasteiger partial charge is 0.482 e. The van der Waals surface area contributed by atoms with Gasteiger partial charge in [-0.2, -0.15) is 0 Å². The van der Waals surface area contributed by atoms with Gasteiger partial charge in [0.05, 0.1) is 16.9 Å². The smallest absolute Gasteiger partial charge is 0.341 e. The van der Waals surface area contributed by atoms with Crippen molar-refractivity contribution in [2.45, 2.75) is 19.3 Å². The molecule has 1 unspecified atom stereocenters. The van der Waals surface area contributed by atoms with Gasteiger partial charge in [-0.15, -0.1) is 0 Å². The summed E-state index contributed by atoms with van der Waals surface area (Å²) in [6, 6.07) is 21.2. The predicted octanol–water partition coefficient (Wildman–Crippen LogP) is 7.06. The first kappa shape index (κ1) is 22.9. The average molecular weight is 481 g/mol. The predicted molar refractivity (Wildman–Crippen MR) is 131 cm³/mol. The van der Waals surface area contributed by atoms with Crippen molar-refractivity contribution in [3.8, 4) is 28.1 Å². The molecule has 1 heterocycles. The van der Waals surface area contributed by atoms with E-state index in [-0.39, 0.29) is 12.5 Å². The molecule has 3 aromatic carbocycles. The number of aliphatic carboxylic acids is 1. The van der Waals surface area contributed by atoms with Crippen molar-refractivity contribution in [2.75, 3.05) is 6.61 Å². The second-order valence-corrected chi connectivity index (χ2v) is 8.44. The van der Waals surface area contributed by atoms with Crippen LogP contribution in [0.2, 0.25) is 10.0 Å². The van der Waals surface area contributed by atoms with Gasteiger partial charge in [0.15, 0.2) is 6.61 Å². The minimum atomic E-state index is -1.000. The van der Waals surface area contributed by atoms with E-state index in [1.54, 1.807) is 24.4 Å².